The standard InChI is InChI=1S/C11H12O6/c1-17-8-3-6(5-12)2-7(4-9(13)14)10(8)11(15)16/h2-3,12H,4-5H2,1H3,(H,13,14)(H,15,16). The molecule has 0 bridgehead atoms. The zero-order valence-electron chi connectivity index (χ0n) is 9.14. The smallest absolute Gasteiger partial charge is 0.339 e. The molecule has 1 aromatic carbocycles. The van der Waals surface area contributed by atoms with E-state index in [4.69, 9.17) is 20.1 Å². The van der Waals surface area contributed by atoms with Gasteiger partial charge in [-0.3, -0.25) is 4.79 Å². The van der Waals surface area contributed by atoms with Crippen LogP contribution >= 0.6 is 0 Å². The first kappa shape index (κ1) is 13.0. The fourth-order valence-electron chi connectivity index (χ4n) is 1.53. The lowest BCUT2D eigenvalue weighted by Gasteiger charge is -2.11. The van der Waals surface area contributed by atoms with E-state index in [1.165, 1.54) is 19.2 Å². The molecule has 0 amide bonds. The van der Waals surface area contributed by atoms with E-state index in [2.05, 4.69) is 0 Å². The second-order valence-corrected chi connectivity index (χ2v) is 3.37. The summed E-state index contributed by atoms with van der Waals surface area (Å²) < 4.78 is 4.89. The van der Waals surface area contributed by atoms with E-state index in [1.807, 2.05) is 0 Å². The minimum absolute atomic E-state index is 0.0419. The Balaban J connectivity index is 3.40. The zero-order valence-corrected chi connectivity index (χ0v) is 9.14. The van der Waals surface area contributed by atoms with Crippen molar-refractivity contribution in [3.63, 3.8) is 0 Å². The van der Waals surface area contributed by atoms with Crippen LogP contribution in [0.2, 0.25) is 0 Å². The quantitative estimate of drug-likeness (QED) is 0.692. The maximum Gasteiger partial charge on any atom is 0.339 e. The lowest BCUT2D eigenvalue weighted by molar-refractivity contribution is -0.136. The number of carbonyl (C=O) groups is 2. The minimum Gasteiger partial charge on any atom is -0.496 e. The first-order valence-corrected chi connectivity index (χ1v) is 4.75. The summed E-state index contributed by atoms with van der Waals surface area (Å²) in [6.07, 6.45) is -0.439. The predicted octanol–water partition coefficient (Wildman–Crippen LogP) is 0.513. The van der Waals surface area contributed by atoms with Crippen LogP contribution < -0.4 is 4.74 Å². The van der Waals surface area contributed by atoms with Gasteiger partial charge in [0.25, 0.3) is 0 Å². The highest BCUT2D eigenvalue weighted by molar-refractivity contribution is 5.94. The van der Waals surface area contributed by atoms with E-state index >= 15 is 0 Å². The Kier molecular flexibility index (Phi) is 4.06. The van der Waals surface area contributed by atoms with E-state index in [0.29, 0.717) is 5.56 Å². The van der Waals surface area contributed by atoms with Crippen molar-refractivity contribution in [3.8, 4) is 5.75 Å². The minimum atomic E-state index is -1.26. The Morgan fingerprint density at radius 3 is 2.35 bits per heavy atom. The van der Waals surface area contributed by atoms with Crippen molar-refractivity contribution in [1.82, 2.24) is 0 Å². The van der Waals surface area contributed by atoms with Gasteiger partial charge < -0.3 is 20.1 Å². The fourth-order valence-corrected chi connectivity index (χ4v) is 1.53. The Labute approximate surface area is 97.1 Å². The molecule has 0 aliphatic carbocycles. The van der Waals surface area contributed by atoms with Crippen LogP contribution in [-0.2, 0) is 17.8 Å². The summed E-state index contributed by atoms with van der Waals surface area (Å²) in [6, 6.07) is 2.72. The van der Waals surface area contributed by atoms with Crippen molar-refractivity contribution in [1.29, 1.82) is 0 Å². The summed E-state index contributed by atoms with van der Waals surface area (Å²) in [6.45, 7) is -0.317. The summed E-state index contributed by atoms with van der Waals surface area (Å²) in [5, 5.41) is 26.7. The third-order valence-electron chi connectivity index (χ3n) is 2.20. The molecule has 0 heterocycles. The Morgan fingerprint density at radius 1 is 1.29 bits per heavy atom. The average Bonchev–Trinajstić information content (AvgIpc) is 2.26. The molecule has 0 saturated heterocycles. The van der Waals surface area contributed by atoms with Gasteiger partial charge in [-0.05, 0) is 17.2 Å². The van der Waals surface area contributed by atoms with Gasteiger partial charge in [0.1, 0.15) is 11.3 Å². The first-order chi connectivity index (χ1) is 7.99. The predicted molar refractivity (Wildman–Crippen MR) is 57.2 cm³/mol. The van der Waals surface area contributed by atoms with Crippen LogP contribution in [0.1, 0.15) is 21.5 Å². The van der Waals surface area contributed by atoms with Crippen molar-refractivity contribution in [2.24, 2.45) is 0 Å². The molecule has 0 unspecified atom stereocenters. The van der Waals surface area contributed by atoms with Crippen molar-refractivity contribution < 1.29 is 29.6 Å². The summed E-state index contributed by atoms with van der Waals surface area (Å²) in [5.74, 6) is -2.37. The van der Waals surface area contributed by atoms with Crippen LogP contribution in [-0.4, -0.2) is 34.4 Å². The summed E-state index contributed by atoms with van der Waals surface area (Å²) in [7, 11) is 1.29. The number of ether oxygens (including phenoxy) is 1. The van der Waals surface area contributed by atoms with Gasteiger partial charge in [-0.1, -0.05) is 6.07 Å². The molecular formula is C11H12O6. The number of aliphatic hydroxyl groups is 1. The summed E-state index contributed by atoms with van der Waals surface area (Å²) in [5.41, 5.74) is 0.323. The van der Waals surface area contributed by atoms with Crippen molar-refractivity contribution in [3.05, 3.63) is 28.8 Å². The van der Waals surface area contributed by atoms with Gasteiger partial charge >= 0.3 is 11.9 Å². The normalized spacial score (nSPS) is 10.0. The molecule has 1 rings (SSSR count). The molecule has 6 nitrogen and oxygen atoms in total. The Bertz CT molecular complexity index is 452. The number of rotatable bonds is 5. The number of aliphatic hydroxyl groups excluding tert-OH is 1. The van der Waals surface area contributed by atoms with E-state index < -0.39 is 18.4 Å². The van der Waals surface area contributed by atoms with Gasteiger partial charge in [0.2, 0.25) is 0 Å². The number of carboxylic acid groups (broad SMARTS) is 2. The monoisotopic (exact) mass is 240 g/mol. The molecule has 92 valence electrons. The molecule has 0 aliphatic heterocycles. The van der Waals surface area contributed by atoms with E-state index in [9.17, 15) is 9.59 Å². The molecule has 0 atom stereocenters. The molecule has 0 saturated carbocycles. The molecule has 0 spiro atoms. The van der Waals surface area contributed by atoms with Gasteiger partial charge in [0, 0.05) is 0 Å². The molecule has 0 fully saturated rings. The Morgan fingerprint density at radius 2 is 1.94 bits per heavy atom. The van der Waals surface area contributed by atoms with Crippen LogP contribution in [0.4, 0.5) is 0 Å². The molecular weight excluding hydrogens is 228 g/mol. The van der Waals surface area contributed by atoms with Gasteiger partial charge in [-0.2, -0.15) is 0 Å². The number of benzene rings is 1. The third kappa shape index (κ3) is 2.94. The zero-order chi connectivity index (χ0) is 13.0. The number of hydrogen-bond donors (Lipinski definition) is 3. The molecule has 0 radical (unpaired) electrons. The van der Waals surface area contributed by atoms with Crippen LogP contribution in [0.25, 0.3) is 0 Å². The lowest BCUT2D eigenvalue weighted by atomic mass is 10.00. The highest BCUT2D eigenvalue weighted by atomic mass is 16.5. The SMILES string of the molecule is COc1cc(CO)cc(CC(=O)O)c1C(=O)O. The number of carboxylic acids is 2. The molecule has 6 heteroatoms. The van der Waals surface area contributed by atoms with Crippen molar-refractivity contribution in [2.45, 2.75) is 13.0 Å². The maximum absolute atomic E-state index is 11.0. The number of aliphatic carboxylic acids is 1. The lowest BCUT2D eigenvalue weighted by Crippen LogP contribution is -2.10. The first-order valence-electron chi connectivity index (χ1n) is 4.75. The summed E-state index contributed by atoms with van der Waals surface area (Å²) in [4.78, 5) is 21.7. The second kappa shape index (κ2) is 5.31. The maximum atomic E-state index is 11.0. The van der Waals surface area contributed by atoms with E-state index in [-0.39, 0.29) is 23.5 Å². The largest absolute Gasteiger partial charge is 0.496 e. The van der Waals surface area contributed by atoms with Crippen LogP contribution in [0, 0.1) is 0 Å². The molecule has 17 heavy (non-hydrogen) atoms. The highest BCUT2D eigenvalue weighted by Crippen LogP contribution is 2.25. The van der Waals surface area contributed by atoms with Crippen LogP contribution in [0.5, 0.6) is 5.75 Å². The average molecular weight is 240 g/mol. The van der Waals surface area contributed by atoms with E-state index in [0.717, 1.165) is 0 Å². The Hall–Kier alpha value is -2.08. The van der Waals surface area contributed by atoms with E-state index in [1.54, 1.807) is 0 Å². The van der Waals surface area contributed by atoms with Crippen molar-refractivity contribution in [2.75, 3.05) is 7.11 Å². The summed E-state index contributed by atoms with van der Waals surface area (Å²) >= 11 is 0. The third-order valence-corrected chi connectivity index (χ3v) is 2.20. The topological polar surface area (TPSA) is 104 Å². The van der Waals surface area contributed by atoms with Gasteiger partial charge in [0.05, 0.1) is 20.1 Å². The van der Waals surface area contributed by atoms with Gasteiger partial charge in [-0.15, -0.1) is 0 Å². The van der Waals surface area contributed by atoms with Crippen LogP contribution in [0.3, 0.4) is 0 Å². The van der Waals surface area contributed by atoms with Crippen LogP contribution in [0.15, 0.2) is 12.1 Å². The number of aromatic carboxylic acids is 1. The molecule has 0 aromatic heterocycles. The fraction of sp³-hybridized carbons (Fsp3) is 0.273. The highest BCUT2D eigenvalue weighted by Gasteiger charge is 2.19. The molecule has 3 N–H and O–H groups in total. The number of hydrogen-bond acceptors (Lipinski definition) is 4. The molecule has 0 aliphatic rings. The number of methoxy groups -OCH3 is 1. The van der Waals surface area contributed by atoms with Crippen molar-refractivity contribution >= 4 is 11.9 Å². The molecule has 1 aromatic rings. The second-order valence-electron chi connectivity index (χ2n) is 3.37. The van der Waals surface area contributed by atoms with Gasteiger partial charge in [0.15, 0.2) is 0 Å². The van der Waals surface area contributed by atoms with Gasteiger partial charge in [-0.25, -0.2) is 4.79 Å².